The standard InChI is InChI=1S/C8H6N2O3/c11-8(12)7-2-1-5(9-7)6-3-4-13-10-6/h1-4,9H,(H,11,12). The highest BCUT2D eigenvalue weighted by atomic mass is 16.5. The number of aromatic amines is 1. The van der Waals surface area contributed by atoms with E-state index in [1.807, 2.05) is 0 Å². The van der Waals surface area contributed by atoms with Crippen LogP contribution in [0.3, 0.4) is 0 Å². The molecule has 5 nitrogen and oxygen atoms in total. The third kappa shape index (κ3) is 1.31. The van der Waals surface area contributed by atoms with Crippen molar-refractivity contribution in [3.63, 3.8) is 0 Å². The molecule has 0 saturated heterocycles. The van der Waals surface area contributed by atoms with Crippen LogP contribution in [0.1, 0.15) is 10.5 Å². The summed E-state index contributed by atoms with van der Waals surface area (Å²) >= 11 is 0. The zero-order chi connectivity index (χ0) is 9.26. The van der Waals surface area contributed by atoms with Crippen LogP contribution in [0.4, 0.5) is 0 Å². The molecule has 0 atom stereocenters. The minimum absolute atomic E-state index is 0.137. The molecule has 0 amide bonds. The number of aromatic nitrogens is 2. The van der Waals surface area contributed by atoms with Gasteiger partial charge in [0.1, 0.15) is 17.7 Å². The lowest BCUT2D eigenvalue weighted by molar-refractivity contribution is 0.0691. The van der Waals surface area contributed by atoms with E-state index in [1.54, 1.807) is 12.1 Å². The first-order chi connectivity index (χ1) is 6.27. The second kappa shape index (κ2) is 2.78. The van der Waals surface area contributed by atoms with E-state index in [1.165, 1.54) is 12.3 Å². The fraction of sp³-hybridized carbons (Fsp3) is 0. The number of hydrogen-bond acceptors (Lipinski definition) is 3. The molecule has 2 aromatic heterocycles. The molecule has 0 bridgehead atoms. The van der Waals surface area contributed by atoms with Crippen molar-refractivity contribution in [2.75, 3.05) is 0 Å². The number of hydrogen-bond donors (Lipinski definition) is 2. The summed E-state index contributed by atoms with van der Waals surface area (Å²) in [6.45, 7) is 0. The van der Waals surface area contributed by atoms with Crippen molar-refractivity contribution in [1.29, 1.82) is 0 Å². The summed E-state index contributed by atoms with van der Waals surface area (Å²) in [6.07, 6.45) is 1.43. The Kier molecular flexibility index (Phi) is 1.63. The van der Waals surface area contributed by atoms with E-state index < -0.39 is 5.97 Å². The van der Waals surface area contributed by atoms with Crippen molar-refractivity contribution >= 4 is 5.97 Å². The molecule has 2 rings (SSSR count). The van der Waals surface area contributed by atoms with Gasteiger partial charge in [0.05, 0.1) is 5.69 Å². The van der Waals surface area contributed by atoms with Crippen molar-refractivity contribution in [3.05, 3.63) is 30.2 Å². The molecule has 0 saturated carbocycles. The predicted octanol–water partition coefficient (Wildman–Crippen LogP) is 1.37. The van der Waals surface area contributed by atoms with Crippen molar-refractivity contribution in [2.24, 2.45) is 0 Å². The lowest BCUT2D eigenvalue weighted by Crippen LogP contribution is -1.95. The largest absolute Gasteiger partial charge is 0.477 e. The second-order valence-electron chi connectivity index (χ2n) is 2.48. The van der Waals surface area contributed by atoms with Gasteiger partial charge in [-0.1, -0.05) is 5.16 Å². The molecule has 0 radical (unpaired) electrons. The van der Waals surface area contributed by atoms with E-state index in [2.05, 4.69) is 14.7 Å². The van der Waals surface area contributed by atoms with Crippen molar-refractivity contribution in [2.45, 2.75) is 0 Å². The van der Waals surface area contributed by atoms with Gasteiger partial charge in [-0.2, -0.15) is 0 Å². The first kappa shape index (κ1) is 7.60. The van der Waals surface area contributed by atoms with Crippen LogP contribution in [0, 0.1) is 0 Å². The van der Waals surface area contributed by atoms with Crippen LogP contribution >= 0.6 is 0 Å². The monoisotopic (exact) mass is 178 g/mol. The Labute approximate surface area is 73.0 Å². The van der Waals surface area contributed by atoms with E-state index in [4.69, 9.17) is 5.11 Å². The Morgan fingerprint density at radius 1 is 1.46 bits per heavy atom. The Hall–Kier alpha value is -2.04. The molecule has 5 heteroatoms. The molecule has 2 heterocycles. The van der Waals surface area contributed by atoms with Gasteiger partial charge in [0, 0.05) is 6.07 Å². The molecule has 0 aliphatic heterocycles. The van der Waals surface area contributed by atoms with Crippen molar-refractivity contribution < 1.29 is 14.4 Å². The van der Waals surface area contributed by atoms with E-state index in [0.29, 0.717) is 11.4 Å². The van der Waals surface area contributed by atoms with Crippen molar-refractivity contribution in [1.82, 2.24) is 10.1 Å². The number of carboxylic acids is 1. The highest BCUT2D eigenvalue weighted by molar-refractivity contribution is 5.86. The summed E-state index contributed by atoms with van der Waals surface area (Å²) in [5, 5.41) is 12.3. The van der Waals surface area contributed by atoms with Gasteiger partial charge in [0.25, 0.3) is 0 Å². The van der Waals surface area contributed by atoms with E-state index >= 15 is 0 Å². The Morgan fingerprint density at radius 2 is 2.31 bits per heavy atom. The number of rotatable bonds is 2. The van der Waals surface area contributed by atoms with Crippen LogP contribution in [0.5, 0.6) is 0 Å². The third-order valence-electron chi connectivity index (χ3n) is 1.63. The van der Waals surface area contributed by atoms with E-state index in [0.717, 1.165) is 0 Å². The third-order valence-corrected chi connectivity index (χ3v) is 1.63. The number of nitrogens with one attached hydrogen (secondary N) is 1. The highest BCUT2D eigenvalue weighted by Gasteiger charge is 2.08. The molecule has 0 spiro atoms. The Balaban J connectivity index is 2.39. The maximum absolute atomic E-state index is 10.5. The maximum Gasteiger partial charge on any atom is 0.352 e. The molecule has 0 aliphatic carbocycles. The number of aromatic carboxylic acids is 1. The van der Waals surface area contributed by atoms with E-state index in [9.17, 15) is 4.79 Å². The SMILES string of the molecule is O=C(O)c1ccc(-c2ccon2)[nH]1. The summed E-state index contributed by atoms with van der Waals surface area (Å²) < 4.78 is 4.62. The quantitative estimate of drug-likeness (QED) is 0.727. The molecule has 2 aromatic rings. The molecule has 0 aromatic carbocycles. The zero-order valence-corrected chi connectivity index (χ0v) is 6.52. The summed E-state index contributed by atoms with van der Waals surface area (Å²) in [6, 6.07) is 4.77. The maximum atomic E-state index is 10.5. The summed E-state index contributed by atoms with van der Waals surface area (Å²) in [5.41, 5.74) is 1.36. The summed E-state index contributed by atoms with van der Waals surface area (Å²) in [5.74, 6) is -0.991. The van der Waals surface area contributed by atoms with Gasteiger partial charge in [0.2, 0.25) is 0 Å². The van der Waals surface area contributed by atoms with Gasteiger partial charge in [-0.05, 0) is 12.1 Å². The van der Waals surface area contributed by atoms with Gasteiger partial charge in [-0.25, -0.2) is 4.79 Å². The average molecular weight is 178 g/mol. The molecular formula is C8H6N2O3. The predicted molar refractivity (Wildman–Crippen MR) is 43.2 cm³/mol. The zero-order valence-electron chi connectivity index (χ0n) is 6.52. The van der Waals surface area contributed by atoms with Gasteiger partial charge in [-0.15, -0.1) is 0 Å². The number of nitrogens with zero attached hydrogens (tertiary/aromatic N) is 1. The molecule has 66 valence electrons. The van der Waals surface area contributed by atoms with Gasteiger partial charge < -0.3 is 14.6 Å². The lowest BCUT2D eigenvalue weighted by Gasteiger charge is -1.88. The first-order valence-corrected chi connectivity index (χ1v) is 3.60. The summed E-state index contributed by atoms with van der Waals surface area (Å²) in [4.78, 5) is 13.2. The Morgan fingerprint density at radius 3 is 2.85 bits per heavy atom. The lowest BCUT2D eigenvalue weighted by atomic mass is 10.3. The van der Waals surface area contributed by atoms with Crippen LogP contribution in [0.2, 0.25) is 0 Å². The molecule has 13 heavy (non-hydrogen) atoms. The molecule has 0 aliphatic rings. The van der Waals surface area contributed by atoms with Crippen LogP contribution in [-0.4, -0.2) is 21.2 Å². The smallest absolute Gasteiger partial charge is 0.352 e. The fourth-order valence-corrected chi connectivity index (χ4v) is 1.02. The minimum atomic E-state index is -0.991. The molecule has 0 fully saturated rings. The normalized spacial score (nSPS) is 10.2. The fourth-order valence-electron chi connectivity index (χ4n) is 1.02. The van der Waals surface area contributed by atoms with Crippen molar-refractivity contribution in [3.8, 4) is 11.4 Å². The van der Waals surface area contributed by atoms with Crippen LogP contribution in [-0.2, 0) is 0 Å². The highest BCUT2D eigenvalue weighted by Crippen LogP contribution is 2.15. The molecular weight excluding hydrogens is 172 g/mol. The van der Waals surface area contributed by atoms with Gasteiger partial charge in [0.15, 0.2) is 0 Å². The topological polar surface area (TPSA) is 79.1 Å². The van der Waals surface area contributed by atoms with Gasteiger partial charge in [-0.3, -0.25) is 0 Å². The number of H-pyrrole nitrogens is 1. The average Bonchev–Trinajstić information content (AvgIpc) is 2.75. The van der Waals surface area contributed by atoms with Gasteiger partial charge >= 0.3 is 5.97 Å². The number of carbonyl (C=O) groups is 1. The Bertz CT molecular complexity index is 416. The first-order valence-electron chi connectivity index (χ1n) is 3.60. The summed E-state index contributed by atoms with van der Waals surface area (Å²) in [7, 11) is 0. The van der Waals surface area contributed by atoms with Crippen LogP contribution in [0.15, 0.2) is 29.0 Å². The second-order valence-corrected chi connectivity index (χ2v) is 2.48. The minimum Gasteiger partial charge on any atom is -0.477 e. The number of carboxylic acid groups (broad SMARTS) is 1. The molecule has 0 unspecified atom stereocenters. The molecule has 2 N–H and O–H groups in total. The van der Waals surface area contributed by atoms with Crippen LogP contribution in [0.25, 0.3) is 11.4 Å². The van der Waals surface area contributed by atoms with E-state index in [-0.39, 0.29) is 5.69 Å². The van der Waals surface area contributed by atoms with Crippen LogP contribution < -0.4 is 0 Å².